The summed E-state index contributed by atoms with van der Waals surface area (Å²) >= 11 is 0. The second-order valence-electron chi connectivity index (χ2n) is 5.44. The van der Waals surface area contributed by atoms with Crippen LogP contribution in [0.15, 0.2) is 51.7 Å². The van der Waals surface area contributed by atoms with Crippen LogP contribution in [0.3, 0.4) is 0 Å². The molecular formula is C19H16O6. The minimum atomic E-state index is -0.997. The summed E-state index contributed by atoms with van der Waals surface area (Å²) in [6.45, 7) is 0. The number of rotatable bonds is 5. The van der Waals surface area contributed by atoms with E-state index in [4.69, 9.17) is 19.0 Å². The molecule has 2 aromatic carbocycles. The van der Waals surface area contributed by atoms with Gasteiger partial charge in [-0.2, -0.15) is 0 Å². The summed E-state index contributed by atoms with van der Waals surface area (Å²) in [4.78, 5) is 23.5. The maximum Gasteiger partial charge on any atom is 0.307 e. The summed E-state index contributed by atoms with van der Waals surface area (Å²) in [5, 5.41) is 9.41. The number of para-hydroxylation sites is 1. The van der Waals surface area contributed by atoms with Gasteiger partial charge in [-0.25, -0.2) is 0 Å². The predicted octanol–water partition coefficient (Wildman–Crippen LogP) is 3.10. The molecule has 0 saturated carbocycles. The summed E-state index contributed by atoms with van der Waals surface area (Å²) in [6, 6.07) is 11.4. The Morgan fingerprint density at radius 2 is 1.76 bits per heavy atom. The monoisotopic (exact) mass is 340 g/mol. The summed E-state index contributed by atoms with van der Waals surface area (Å²) in [5.41, 5.74) is 1.07. The molecule has 1 heterocycles. The Hall–Kier alpha value is -3.28. The smallest absolute Gasteiger partial charge is 0.307 e. The van der Waals surface area contributed by atoms with Crippen molar-refractivity contribution in [1.29, 1.82) is 0 Å². The molecule has 128 valence electrons. The lowest BCUT2D eigenvalue weighted by Gasteiger charge is -2.10. The minimum absolute atomic E-state index is 0.231. The van der Waals surface area contributed by atoms with Crippen LogP contribution in [0.4, 0.5) is 0 Å². The van der Waals surface area contributed by atoms with E-state index in [1.54, 1.807) is 36.4 Å². The normalized spacial score (nSPS) is 10.6. The van der Waals surface area contributed by atoms with Crippen LogP contribution < -0.4 is 14.9 Å². The average molecular weight is 340 g/mol. The molecule has 0 saturated heterocycles. The molecule has 0 fully saturated rings. The SMILES string of the molecule is COc1cc(OC)cc(-c2cc(=O)c3cccc(CC(=O)O)c3o2)c1. The van der Waals surface area contributed by atoms with E-state index in [1.807, 2.05) is 0 Å². The van der Waals surface area contributed by atoms with E-state index in [2.05, 4.69) is 0 Å². The third-order valence-electron chi connectivity index (χ3n) is 3.81. The van der Waals surface area contributed by atoms with Crippen molar-refractivity contribution in [3.63, 3.8) is 0 Å². The van der Waals surface area contributed by atoms with Gasteiger partial charge in [-0.15, -0.1) is 0 Å². The molecular weight excluding hydrogens is 324 g/mol. The lowest BCUT2D eigenvalue weighted by molar-refractivity contribution is -0.136. The highest BCUT2D eigenvalue weighted by Crippen LogP contribution is 2.31. The Labute approximate surface area is 143 Å². The van der Waals surface area contributed by atoms with Gasteiger partial charge in [-0.05, 0) is 18.2 Å². The van der Waals surface area contributed by atoms with Gasteiger partial charge in [0.25, 0.3) is 0 Å². The van der Waals surface area contributed by atoms with Gasteiger partial charge in [0.15, 0.2) is 5.43 Å². The van der Waals surface area contributed by atoms with Gasteiger partial charge < -0.3 is 19.0 Å². The average Bonchev–Trinajstić information content (AvgIpc) is 2.61. The predicted molar refractivity (Wildman–Crippen MR) is 92.4 cm³/mol. The zero-order valence-corrected chi connectivity index (χ0v) is 13.7. The first kappa shape index (κ1) is 16.6. The van der Waals surface area contributed by atoms with Crippen molar-refractivity contribution in [2.24, 2.45) is 0 Å². The molecule has 1 aromatic heterocycles. The van der Waals surface area contributed by atoms with Crippen LogP contribution in [-0.4, -0.2) is 25.3 Å². The van der Waals surface area contributed by atoms with Crippen LogP contribution in [0.2, 0.25) is 0 Å². The maximum absolute atomic E-state index is 12.4. The van der Waals surface area contributed by atoms with Gasteiger partial charge >= 0.3 is 5.97 Å². The largest absolute Gasteiger partial charge is 0.497 e. The first-order chi connectivity index (χ1) is 12.0. The standard InChI is InChI=1S/C19H16O6/c1-23-13-6-12(7-14(9-13)24-2)17-10-16(20)15-5-3-4-11(8-18(21)22)19(15)25-17/h3-7,9-10H,8H2,1-2H3,(H,21,22). The maximum atomic E-state index is 12.4. The fourth-order valence-corrected chi connectivity index (χ4v) is 2.63. The van der Waals surface area contributed by atoms with Crippen molar-refractivity contribution in [3.05, 3.63) is 58.3 Å². The Kier molecular flexibility index (Phi) is 4.43. The molecule has 0 unspecified atom stereocenters. The molecule has 0 amide bonds. The second kappa shape index (κ2) is 6.68. The van der Waals surface area contributed by atoms with Crippen molar-refractivity contribution in [2.45, 2.75) is 6.42 Å². The van der Waals surface area contributed by atoms with Crippen molar-refractivity contribution in [2.75, 3.05) is 14.2 Å². The van der Waals surface area contributed by atoms with Crippen LogP contribution in [0.25, 0.3) is 22.3 Å². The zero-order valence-electron chi connectivity index (χ0n) is 13.7. The Bertz CT molecular complexity index is 980. The van der Waals surface area contributed by atoms with Crippen molar-refractivity contribution in [3.8, 4) is 22.8 Å². The van der Waals surface area contributed by atoms with Gasteiger partial charge in [-0.3, -0.25) is 9.59 Å². The molecule has 1 N–H and O–H groups in total. The lowest BCUT2D eigenvalue weighted by atomic mass is 10.1. The number of hydrogen-bond donors (Lipinski definition) is 1. The molecule has 6 nitrogen and oxygen atoms in total. The summed E-state index contributed by atoms with van der Waals surface area (Å²) in [7, 11) is 3.06. The number of methoxy groups -OCH3 is 2. The van der Waals surface area contributed by atoms with E-state index >= 15 is 0 Å². The van der Waals surface area contributed by atoms with Crippen molar-refractivity contribution in [1.82, 2.24) is 0 Å². The van der Waals surface area contributed by atoms with Gasteiger partial charge in [0.05, 0.1) is 26.0 Å². The third kappa shape index (κ3) is 3.33. The zero-order chi connectivity index (χ0) is 18.0. The first-order valence-electron chi connectivity index (χ1n) is 7.53. The summed E-state index contributed by atoms with van der Waals surface area (Å²) in [5.74, 6) is 0.419. The Balaban J connectivity index is 2.24. The number of carbonyl (C=O) groups is 1. The third-order valence-corrected chi connectivity index (χ3v) is 3.81. The number of carboxylic acid groups (broad SMARTS) is 1. The highest BCUT2D eigenvalue weighted by atomic mass is 16.5. The molecule has 0 bridgehead atoms. The molecule has 25 heavy (non-hydrogen) atoms. The van der Waals surface area contributed by atoms with E-state index in [-0.39, 0.29) is 17.4 Å². The molecule has 0 aliphatic rings. The molecule has 3 aromatic rings. The van der Waals surface area contributed by atoms with E-state index < -0.39 is 5.97 Å². The highest BCUT2D eigenvalue weighted by molar-refractivity contribution is 5.85. The Morgan fingerprint density at radius 3 is 2.36 bits per heavy atom. The van der Waals surface area contributed by atoms with Crippen molar-refractivity contribution < 1.29 is 23.8 Å². The molecule has 0 aliphatic heterocycles. The number of hydrogen-bond acceptors (Lipinski definition) is 5. The number of ether oxygens (including phenoxy) is 2. The van der Waals surface area contributed by atoms with Gasteiger partial charge in [-0.1, -0.05) is 12.1 Å². The van der Waals surface area contributed by atoms with Crippen LogP contribution >= 0.6 is 0 Å². The van der Waals surface area contributed by atoms with E-state index in [0.717, 1.165) is 0 Å². The first-order valence-corrected chi connectivity index (χ1v) is 7.53. The van der Waals surface area contributed by atoms with Crippen LogP contribution in [0.1, 0.15) is 5.56 Å². The quantitative estimate of drug-likeness (QED) is 0.768. The second-order valence-corrected chi connectivity index (χ2v) is 5.44. The number of carboxylic acids is 1. The fraction of sp³-hybridized carbons (Fsp3) is 0.158. The molecule has 0 atom stereocenters. The topological polar surface area (TPSA) is 86.0 Å². The molecule has 0 spiro atoms. The number of aliphatic carboxylic acids is 1. The minimum Gasteiger partial charge on any atom is -0.497 e. The Morgan fingerprint density at radius 1 is 1.08 bits per heavy atom. The fourth-order valence-electron chi connectivity index (χ4n) is 2.63. The van der Waals surface area contributed by atoms with E-state index in [1.165, 1.54) is 20.3 Å². The van der Waals surface area contributed by atoms with E-state index in [9.17, 15) is 9.59 Å². The van der Waals surface area contributed by atoms with Crippen LogP contribution in [0, 0.1) is 0 Å². The van der Waals surface area contributed by atoms with Crippen LogP contribution in [-0.2, 0) is 11.2 Å². The van der Waals surface area contributed by atoms with Gasteiger partial charge in [0.2, 0.25) is 0 Å². The van der Waals surface area contributed by atoms with E-state index in [0.29, 0.717) is 33.8 Å². The molecule has 0 radical (unpaired) electrons. The molecule has 6 heteroatoms. The summed E-state index contributed by atoms with van der Waals surface area (Å²) in [6.07, 6.45) is -0.231. The summed E-state index contributed by atoms with van der Waals surface area (Å²) < 4.78 is 16.4. The van der Waals surface area contributed by atoms with Gasteiger partial charge in [0.1, 0.15) is 22.8 Å². The van der Waals surface area contributed by atoms with Gasteiger partial charge in [0, 0.05) is 23.3 Å². The highest BCUT2D eigenvalue weighted by Gasteiger charge is 2.14. The number of fused-ring (bicyclic) bond motifs is 1. The number of benzene rings is 2. The molecule has 0 aliphatic carbocycles. The lowest BCUT2D eigenvalue weighted by Crippen LogP contribution is -2.05. The molecule has 3 rings (SSSR count). The van der Waals surface area contributed by atoms with Crippen molar-refractivity contribution >= 4 is 16.9 Å². The van der Waals surface area contributed by atoms with Crippen LogP contribution in [0.5, 0.6) is 11.5 Å².